The third-order valence-electron chi connectivity index (χ3n) is 9.61. The minimum absolute atomic E-state index is 0.0628. The summed E-state index contributed by atoms with van der Waals surface area (Å²) in [6.45, 7) is 3.50. The van der Waals surface area contributed by atoms with Crippen LogP contribution in [0.3, 0.4) is 0 Å². The lowest BCUT2D eigenvalue weighted by Gasteiger charge is -2.40. The molecule has 6 atom stereocenters. The minimum Gasteiger partial charge on any atom is -0.462 e. The van der Waals surface area contributed by atoms with Crippen molar-refractivity contribution in [2.45, 2.75) is 179 Å². The number of esters is 2. The van der Waals surface area contributed by atoms with E-state index in [4.69, 9.17) is 18.9 Å². The fraction of sp³-hybridized carbons (Fsp3) is 0.660. The van der Waals surface area contributed by atoms with Gasteiger partial charge in [-0.05, 0) is 51.4 Å². The molecule has 0 aromatic carbocycles. The van der Waals surface area contributed by atoms with E-state index in [0.29, 0.717) is 19.3 Å². The summed E-state index contributed by atoms with van der Waals surface area (Å²) in [6.07, 6.45) is 37.9. The Morgan fingerprint density at radius 2 is 1.07 bits per heavy atom. The number of hydrogen-bond acceptors (Lipinski definition) is 11. The number of hydrogen-bond donors (Lipinski definition) is 4. The minimum atomic E-state index is -4.62. The van der Waals surface area contributed by atoms with Crippen LogP contribution in [0.5, 0.6) is 0 Å². The van der Waals surface area contributed by atoms with E-state index in [9.17, 15) is 37.9 Å². The predicted molar refractivity (Wildman–Crippen MR) is 238 cm³/mol. The molecular weight excluding hydrogens is 789 g/mol. The van der Waals surface area contributed by atoms with Gasteiger partial charge >= 0.3 is 11.9 Å². The zero-order valence-electron chi connectivity index (χ0n) is 36.3. The van der Waals surface area contributed by atoms with E-state index in [0.717, 1.165) is 32.1 Å². The number of rotatable bonds is 35. The molecule has 13 heteroatoms. The van der Waals surface area contributed by atoms with Gasteiger partial charge in [0.1, 0.15) is 36.8 Å². The molecule has 1 heterocycles. The number of aliphatic hydroxyl groups excluding tert-OH is 3. The topological polar surface area (TPSA) is 186 Å². The first kappa shape index (κ1) is 54.8. The van der Waals surface area contributed by atoms with Gasteiger partial charge in [-0.15, -0.1) is 0 Å². The lowest BCUT2D eigenvalue weighted by Crippen LogP contribution is -2.60. The Labute approximate surface area is 360 Å². The number of carbonyl (C=O) groups excluding carboxylic acids is 2. The van der Waals surface area contributed by atoms with Gasteiger partial charge in [0.15, 0.2) is 12.4 Å². The molecule has 1 aliphatic heterocycles. The molecule has 0 radical (unpaired) electrons. The Bertz CT molecular complexity index is 1430. The van der Waals surface area contributed by atoms with E-state index in [2.05, 4.69) is 44.2 Å². The van der Waals surface area contributed by atoms with E-state index < -0.39 is 71.2 Å². The molecule has 3 unspecified atom stereocenters. The zero-order chi connectivity index (χ0) is 44.1. The van der Waals surface area contributed by atoms with Crippen LogP contribution in [0, 0.1) is 0 Å². The molecule has 60 heavy (non-hydrogen) atoms. The first-order valence-electron chi connectivity index (χ1n) is 22.2. The third-order valence-corrected chi connectivity index (χ3v) is 10.4. The molecule has 0 aromatic rings. The van der Waals surface area contributed by atoms with Crippen molar-refractivity contribution >= 4 is 22.1 Å². The second kappa shape index (κ2) is 36.5. The van der Waals surface area contributed by atoms with Crippen LogP contribution in [0.15, 0.2) is 85.1 Å². The van der Waals surface area contributed by atoms with Crippen LogP contribution in [0.2, 0.25) is 0 Å². The molecule has 0 aliphatic carbocycles. The monoisotopic (exact) mass is 865 g/mol. The van der Waals surface area contributed by atoms with Gasteiger partial charge in [-0.2, -0.15) is 8.42 Å². The maximum Gasteiger partial charge on any atom is 0.306 e. The molecule has 0 saturated carbocycles. The van der Waals surface area contributed by atoms with Crippen molar-refractivity contribution in [2.24, 2.45) is 0 Å². The van der Waals surface area contributed by atoms with E-state index >= 15 is 0 Å². The quantitative estimate of drug-likeness (QED) is 0.0206. The van der Waals surface area contributed by atoms with Gasteiger partial charge in [-0.1, -0.05) is 163 Å². The Morgan fingerprint density at radius 3 is 1.63 bits per heavy atom. The average molecular weight is 865 g/mol. The largest absolute Gasteiger partial charge is 0.462 e. The van der Waals surface area contributed by atoms with E-state index in [1.807, 2.05) is 54.7 Å². The van der Waals surface area contributed by atoms with Crippen LogP contribution >= 0.6 is 0 Å². The van der Waals surface area contributed by atoms with Crippen LogP contribution < -0.4 is 0 Å². The van der Waals surface area contributed by atoms with Crippen molar-refractivity contribution in [3.63, 3.8) is 0 Å². The maximum atomic E-state index is 12.8. The summed E-state index contributed by atoms with van der Waals surface area (Å²) in [4.78, 5) is 25.3. The highest BCUT2D eigenvalue weighted by atomic mass is 32.2. The van der Waals surface area contributed by atoms with E-state index in [1.165, 1.54) is 64.2 Å². The standard InChI is InChI=1S/C47H76O12S/c1-3-5-7-9-11-13-15-17-18-19-20-21-22-24-25-27-29-31-33-35-42(48)56-37-40(38-57-47-46(52)45(51)44(50)41(59-47)39-60(53,54)55)58-43(49)36-34-32-30-28-26-23-16-14-12-10-8-6-4-2/h6,8,10-17,23,26,28,30,40-41,44-47,50-52H,3-5,7,9,18-22,24-25,27,29,31-39H2,1-2H3,(H,53,54,55)/b8-6+,12-10+,13-11+,16-14+,17-15+,26-23+,30-28+/t40?,41-,44-,45?,46?,47+/m1/s1. The van der Waals surface area contributed by atoms with Gasteiger partial charge in [0.2, 0.25) is 0 Å². The highest BCUT2D eigenvalue weighted by Gasteiger charge is 2.46. The molecule has 4 N–H and O–H groups in total. The van der Waals surface area contributed by atoms with Gasteiger partial charge in [0, 0.05) is 12.8 Å². The summed E-state index contributed by atoms with van der Waals surface area (Å²) >= 11 is 0. The molecular formula is C47H76O12S. The first-order valence-corrected chi connectivity index (χ1v) is 23.8. The van der Waals surface area contributed by atoms with Crippen molar-refractivity contribution in [3.8, 4) is 0 Å². The van der Waals surface area contributed by atoms with Gasteiger partial charge in [0.25, 0.3) is 10.1 Å². The van der Waals surface area contributed by atoms with Crippen molar-refractivity contribution in [3.05, 3.63) is 85.1 Å². The summed E-state index contributed by atoms with van der Waals surface area (Å²) in [5.74, 6) is -2.10. The molecule has 0 amide bonds. The Morgan fingerprint density at radius 1 is 0.583 bits per heavy atom. The highest BCUT2D eigenvalue weighted by molar-refractivity contribution is 7.85. The fourth-order valence-electron chi connectivity index (χ4n) is 6.17. The molecule has 1 rings (SSSR count). The lowest BCUT2D eigenvalue weighted by atomic mass is 10.00. The molecule has 0 aromatic heterocycles. The van der Waals surface area contributed by atoms with Gasteiger partial charge in [0.05, 0.1) is 6.61 Å². The van der Waals surface area contributed by atoms with Crippen LogP contribution in [0.4, 0.5) is 0 Å². The molecule has 1 fully saturated rings. The fourth-order valence-corrected chi connectivity index (χ4v) is 6.86. The molecule has 1 aliphatic rings. The highest BCUT2D eigenvalue weighted by Crippen LogP contribution is 2.24. The van der Waals surface area contributed by atoms with Crippen molar-refractivity contribution in [2.75, 3.05) is 19.0 Å². The number of ether oxygens (including phenoxy) is 4. The normalized spacial score (nSPS) is 20.9. The number of unbranched alkanes of at least 4 members (excludes halogenated alkanes) is 14. The Hall–Kier alpha value is -3.17. The van der Waals surface area contributed by atoms with Crippen LogP contribution in [0.25, 0.3) is 0 Å². The summed E-state index contributed by atoms with van der Waals surface area (Å²) in [5.41, 5.74) is 0. The first-order chi connectivity index (χ1) is 29.0. The lowest BCUT2D eigenvalue weighted by molar-refractivity contribution is -0.297. The summed E-state index contributed by atoms with van der Waals surface area (Å²) in [7, 11) is -4.62. The molecule has 1 saturated heterocycles. The van der Waals surface area contributed by atoms with Crippen LogP contribution in [-0.2, 0) is 38.7 Å². The summed E-state index contributed by atoms with van der Waals surface area (Å²) < 4.78 is 53.9. The Balaban J connectivity index is 2.47. The third kappa shape index (κ3) is 30.8. The van der Waals surface area contributed by atoms with Gasteiger partial charge < -0.3 is 34.3 Å². The number of aliphatic hydroxyl groups is 3. The summed E-state index contributed by atoms with van der Waals surface area (Å²) in [5, 5.41) is 30.8. The smallest absolute Gasteiger partial charge is 0.306 e. The second-order valence-corrected chi connectivity index (χ2v) is 16.6. The Kier molecular flexibility index (Phi) is 33.3. The molecule has 342 valence electrons. The molecule has 12 nitrogen and oxygen atoms in total. The van der Waals surface area contributed by atoms with E-state index in [-0.39, 0.29) is 19.4 Å². The van der Waals surface area contributed by atoms with E-state index in [1.54, 1.807) is 0 Å². The van der Waals surface area contributed by atoms with Crippen LogP contribution in [0.1, 0.15) is 142 Å². The molecule has 0 spiro atoms. The number of carbonyl (C=O) groups is 2. The number of allylic oxidation sites excluding steroid dienone is 14. The van der Waals surface area contributed by atoms with Crippen LogP contribution in [-0.4, -0.2) is 96.0 Å². The van der Waals surface area contributed by atoms with Gasteiger partial charge in [-0.3, -0.25) is 14.1 Å². The van der Waals surface area contributed by atoms with Crippen molar-refractivity contribution in [1.29, 1.82) is 0 Å². The van der Waals surface area contributed by atoms with Crippen molar-refractivity contribution < 1.29 is 56.8 Å². The zero-order valence-corrected chi connectivity index (χ0v) is 37.1. The van der Waals surface area contributed by atoms with Crippen molar-refractivity contribution in [1.82, 2.24) is 0 Å². The SMILES string of the molecule is CC/C=C/C=C/C=C/C=C/C=C/CCCC(=O)OC(COC(=O)CCCCCCCCCCCC/C=C/C=C/CCCCC)CO[C@H]1O[C@H](CS(=O)(=O)O)[C@@H](O)C(O)C1O. The average Bonchev–Trinajstić information content (AvgIpc) is 3.21. The summed E-state index contributed by atoms with van der Waals surface area (Å²) in [6, 6.07) is 0. The second-order valence-electron chi connectivity index (χ2n) is 15.1. The maximum absolute atomic E-state index is 12.8. The predicted octanol–water partition coefficient (Wildman–Crippen LogP) is 8.89. The van der Waals surface area contributed by atoms with Gasteiger partial charge in [-0.25, -0.2) is 0 Å². The molecule has 0 bridgehead atoms.